The molecule has 2 amide bonds. The molecule has 1 aliphatic heterocycles. The van der Waals surface area contributed by atoms with Gasteiger partial charge in [-0.2, -0.15) is 0 Å². The van der Waals surface area contributed by atoms with Crippen LogP contribution in [0.15, 0.2) is 24.3 Å². The van der Waals surface area contributed by atoms with Crippen molar-refractivity contribution in [2.75, 3.05) is 31.6 Å². The van der Waals surface area contributed by atoms with Crippen molar-refractivity contribution >= 4 is 29.9 Å². The van der Waals surface area contributed by atoms with Gasteiger partial charge in [0.2, 0.25) is 11.8 Å². The van der Waals surface area contributed by atoms with Gasteiger partial charge in [0.25, 0.3) is 0 Å². The number of rotatable bonds is 5. The zero-order valence-corrected chi connectivity index (χ0v) is 13.0. The molecule has 0 aliphatic carbocycles. The maximum absolute atomic E-state index is 12.2. The van der Waals surface area contributed by atoms with E-state index in [1.807, 2.05) is 18.2 Å². The second kappa shape index (κ2) is 8.64. The number of carbonyl (C=O) groups is 2. The summed E-state index contributed by atoms with van der Waals surface area (Å²) in [6.45, 7) is 1.41. The Labute approximate surface area is 131 Å². The zero-order valence-electron chi connectivity index (χ0n) is 12.2. The van der Waals surface area contributed by atoms with E-state index in [4.69, 9.17) is 0 Å². The Balaban J connectivity index is 0.00000220. The third-order valence-electron chi connectivity index (χ3n) is 3.45. The second-order valence-electron chi connectivity index (χ2n) is 4.91. The van der Waals surface area contributed by atoms with E-state index < -0.39 is 0 Å². The number of anilines is 1. The molecule has 1 aliphatic rings. The smallest absolute Gasteiger partial charge is 0.246 e. The number of halogens is 1. The molecule has 0 fully saturated rings. The molecule has 0 bridgehead atoms. The van der Waals surface area contributed by atoms with Crippen molar-refractivity contribution < 1.29 is 9.59 Å². The van der Waals surface area contributed by atoms with Gasteiger partial charge in [-0.1, -0.05) is 18.2 Å². The predicted molar refractivity (Wildman–Crippen MR) is 85.9 cm³/mol. The van der Waals surface area contributed by atoms with Crippen LogP contribution >= 0.6 is 12.4 Å². The highest BCUT2D eigenvalue weighted by Crippen LogP contribution is 2.26. The zero-order chi connectivity index (χ0) is 14.4. The topological polar surface area (TPSA) is 61.4 Å². The first-order chi connectivity index (χ1) is 9.72. The van der Waals surface area contributed by atoms with E-state index in [0.29, 0.717) is 13.0 Å². The molecule has 5 nitrogen and oxygen atoms in total. The maximum Gasteiger partial charge on any atom is 0.246 e. The highest BCUT2D eigenvalue weighted by atomic mass is 35.5. The number of hydrogen-bond donors (Lipinski definition) is 2. The summed E-state index contributed by atoms with van der Waals surface area (Å²) in [6.07, 6.45) is 2.37. The van der Waals surface area contributed by atoms with Gasteiger partial charge in [-0.05, 0) is 31.5 Å². The average molecular weight is 312 g/mol. The monoisotopic (exact) mass is 311 g/mol. The van der Waals surface area contributed by atoms with Crippen molar-refractivity contribution in [3.63, 3.8) is 0 Å². The summed E-state index contributed by atoms with van der Waals surface area (Å²) >= 11 is 0. The van der Waals surface area contributed by atoms with Gasteiger partial charge in [0.15, 0.2) is 0 Å². The number of nitrogens with one attached hydrogen (secondary N) is 2. The SMILES string of the molecule is CNCCC(=O)NCC(=O)N1CCCc2ccccc21.Cl. The fraction of sp³-hybridized carbons (Fsp3) is 0.467. The van der Waals surface area contributed by atoms with Crippen molar-refractivity contribution in [2.24, 2.45) is 0 Å². The first-order valence-corrected chi connectivity index (χ1v) is 7.02. The van der Waals surface area contributed by atoms with E-state index in [-0.39, 0.29) is 30.8 Å². The number of hydrogen-bond acceptors (Lipinski definition) is 3. The van der Waals surface area contributed by atoms with Gasteiger partial charge in [-0.3, -0.25) is 9.59 Å². The standard InChI is InChI=1S/C15H21N3O2.ClH/c1-16-9-8-14(19)17-11-15(20)18-10-4-6-12-5-2-3-7-13(12)18;/h2-3,5,7,16H,4,6,8-11H2,1H3,(H,17,19);1H. The maximum atomic E-state index is 12.2. The molecule has 0 saturated heterocycles. The molecule has 2 N–H and O–H groups in total. The molecule has 0 saturated carbocycles. The molecule has 0 radical (unpaired) electrons. The molecule has 1 heterocycles. The number of para-hydroxylation sites is 1. The lowest BCUT2D eigenvalue weighted by atomic mass is 10.0. The van der Waals surface area contributed by atoms with E-state index in [9.17, 15) is 9.59 Å². The Morgan fingerprint density at radius 1 is 1.29 bits per heavy atom. The van der Waals surface area contributed by atoms with E-state index in [1.165, 1.54) is 5.56 Å². The van der Waals surface area contributed by atoms with Crippen LogP contribution in [0.1, 0.15) is 18.4 Å². The Morgan fingerprint density at radius 3 is 2.81 bits per heavy atom. The van der Waals surface area contributed by atoms with Gasteiger partial charge in [0, 0.05) is 25.2 Å². The lowest BCUT2D eigenvalue weighted by molar-refractivity contribution is -0.124. The molecule has 2 rings (SSSR count). The van der Waals surface area contributed by atoms with Crippen LogP contribution < -0.4 is 15.5 Å². The number of nitrogens with zero attached hydrogens (tertiary/aromatic N) is 1. The number of aryl methyl sites for hydroxylation is 1. The van der Waals surface area contributed by atoms with Crippen molar-refractivity contribution in [1.82, 2.24) is 10.6 Å². The first kappa shape index (κ1) is 17.5. The summed E-state index contributed by atoms with van der Waals surface area (Å²) in [5.74, 6) is -0.145. The Hall–Kier alpha value is -1.59. The fourth-order valence-corrected chi connectivity index (χ4v) is 2.39. The van der Waals surface area contributed by atoms with E-state index >= 15 is 0 Å². The highest BCUT2D eigenvalue weighted by Gasteiger charge is 2.21. The Kier molecular flexibility index (Phi) is 7.19. The van der Waals surface area contributed by atoms with Gasteiger partial charge < -0.3 is 15.5 Å². The minimum atomic E-state index is -0.0991. The molecule has 116 valence electrons. The number of amides is 2. The van der Waals surface area contributed by atoms with Crippen molar-refractivity contribution in [2.45, 2.75) is 19.3 Å². The summed E-state index contributed by atoms with van der Waals surface area (Å²) in [6, 6.07) is 7.96. The van der Waals surface area contributed by atoms with Crippen LogP contribution in [0.4, 0.5) is 5.69 Å². The molecular formula is C15H22ClN3O2. The third kappa shape index (κ3) is 4.72. The average Bonchev–Trinajstić information content (AvgIpc) is 2.50. The predicted octanol–water partition coefficient (Wildman–Crippen LogP) is 1.11. The van der Waals surface area contributed by atoms with Crippen molar-refractivity contribution in [1.29, 1.82) is 0 Å². The van der Waals surface area contributed by atoms with Crippen molar-refractivity contribution in [3.05, 3.63) is 29.8 Å². The molecule has 0 unspecified atom stereocenters. The highest BCUT2D eigenvalue weighted by molar-refractivity contribution is 5.97. The largest absolute Gasteiger partial charge is 0.347 e. The summed E-state index contributed by atoms with van der Waals surface area (Å²) in [5.41, 5.74) is 2.18. The summed E-state index contributed by atoms with van der Waals surface area (Å²) in [4.78, 5) is 25.5. The van der Waals surface area contributed by atoms with Crippen LogP contribution in [0.5, 0.6) is 0 Å². The summed E-state index contributed by atoms with van der Waals surface area (Å²) in [7, 11) is 1.79. The van der Waals surface area contributed by atoms with Crippen molar-refractivity contribution in [3.8, 4) is 0 Å². The van der Waals surface area contributed by atoms with Crippen LogP contribution in [-0.2, 0) is 16.0 Å². The van der Waals surface area contributed by atoms with Gasteiger partial charge in [0.05, 0.1) is 6.54 Å². The molecule has 21 heavy (non-hydrogen) atoms. The van der Waals surface area contributed by atoms with Gasteiger partial charge in [0.1, 0.15) is 0 Å². The third-order valence-corrected chi connectivity index (χ3v) is 3.45. The second-order valence-corrected chi connectivity index (χ2v) is 4.91. The van der Waals surface area contributed by atoms with Crippen LogP contribution in [-0.4, -0.2) is 38.5 Å². The number of fused-ring (bicyclic) bond motifs is 1. The lowest BCUT2D eigenvalue weighted by Gasteiger charge is -2.29. The van der Waals surface area contributed by atoms with Crippen LogP contribution in [0.25, 0.3) is 0 Å². The van der Waals surface area contributed by atoms with E-state index in [2.05, 4.69) is 16.7 Å². The van der Waals surface area contributed by atoms with Crippen LogP contribution in [0.2, 0.25) is 0 Å². The molecule has 0 spiro atoms. The lowest BCUT2D eigenvalue weighted by Crippen LogP contribution is -2.42. The number of benzene rings is 1. The Bertz CT molecular complexity index is 494. The van der Waals surface area contributed by atoms with Crippen LogP contribution in [0.3, 0.4) is 0 Å². The molecule has 6 heteroatoms. The van der Waals surface area contributed by atoms with Gasteiger partial charge >= 0.3 is 0 Å². The van der Waals surface area contributed by atoms with Gasteiger partial charge in [-0.15, -0.1) is 12.4 Å². The molecule has 0 aromatic heterocycles. The first-order valence-electron chi connectivity index (χ1n) is 7.02. The summed E-state index contributed by atoms with van der Waals surface area (Å²) < 4.78 is 0. The van der Waals surface area contributed by atoms with E-state index in [1.54, 1.807) is 11.9 Å². The normalized spacial score (nSPS) is 13.1. The minimum absolute atomic E-state index is 0. The minimum Gasteiger partial charge on any atom is -0.347 e. The Morgan fingerprint density at radius 2 is 2.05 bits per heavy atom. The molecule has 0 atom stereocenters. The molecule has 1 aromatic carbocycles. The number of carbonyl (C=O) groups excluding carboxylic acids is 2. The summed E-state index contributed by atoms with van der Waals surface area (Å²) in [5, 5.41) is 5.58. The quantitative estimate of drug-likeness (QED) is 0.856. The fourth-order valence-electron chi connectivity index (χ4n) is 2.39. The van der Waals surface area contributed by atoms with Crippen LogP contribution in [0, 0.1) is 0 Å². The van der Waals surface area contributed by atoms with Gasteiger partial charge in [-0.25, -0.2) is 0 Å². The molecule has 1 aromatic rings. The molecular weight excluding hydrogens is 290 g/mol. The van der Waals surface area contributed by atoms with E-state index in [0.717, 1.165) is 25.1 Å².